The van der Waals surface area contributed by atoms with E-state index < -0.39 is 23.4 Å². The van der Waals surface area contributed by atoms with Crippen molar-refractivity contribution in [1.29, 1.82) is 0 Å². The number of anilines is 1. The second-order valence-electron chi connectivity index (χ2n) is 12.3. The minimum atomic E-state index is -1.36. The first-order valence-corrected chi connectivity index (χ1v) is 15.1. The number of rotatable bonds is 7. The first kappa shape index (κ1) is 27.8. The third kappa shape index (κ3) is 4.12. The van der Waals surface area contributed by atoms with E-state index in [2.05, 4.69) is 19.2 Å². The van der Waals surface area contributed by atoms with Gasteiger partial charge in [0.25, 0.3) is 0 Å². The Labute approximate surface area is 257 Å². The molecule has 3 heterocycles. The Morgan fingerprint density at radius 2 is 1.64 bits per heavy atom. The van der Waals surface area contributed by atoms with Gasteiger partial charge in [-0.1, -0.05) is 92.7 Å². The maximum Gasteiger partial charge on any atom is 0.238 e. The van der Waals surface area contributed by atoms with Gasteiger partial charge in [0, 0.05) is 23.0 Å². The first-order valence-electron chi connectivity index (χ1n) is 15.1. The zero-order valence-corrected chi connectivity index (χ0v) is 25.0. The maximum absolute atomic E-state index is 15.0. The molecule has 44 heavy (non-hydrogen) atoms. The molecule has 0 saturated carbocycles. The number of methoxy groups -OCH3 is 1. The van der Waals surface area contributed by atoms with Crippen molar-refractivity contribution in [1.82, 2.24) is 4.90 Å². The highest BCUT2D eigenvalue weighted by Gasteiger charge is 2.70. The summed E-state index contributed by atoms with van der Waals surface area (Å²) in [5.41, 5.74) is 3.97. The number of carbonyl (C=O) groups is 3. The average molecular weight is 583 g/mol. The fourth-order valence-electron chi connectivity index (χ4n) is 7.57. The summed E-state index contributed by atoms with van der Waals surface area (Å²) in [6.45, 7) is 4.32. The minimum absolute atomic E-state index is 0.227. The van der Waals surface area contributed by atoms with Crippen LogP contribution in [0.1, 0.15) is 62.9 Å². The van der Waals surface area contributed by atoms with Gasteiger partial charge in [0.05, 0.1) is 19.1 Å². The number of Topliss-reactive ketones (excluding diaryl/α,β-unsaturated/α-hetero) is 2. The third-order valence-electron chi connectivity index (χ3n) is 9.36. The number of benzene rings is 4. The number of ketones is 2. The quantitative estimate of drug-likeness (QED) is 0.241. The van der Waals surface area contributed by atoms with Crippen LogP contribution in [-0.4, -0.2) is 35.5 Å². The zero-order chi connectivity index (χ0) is 30.6. The van der Waals surface area contributed by atoms with Gasteiger partial charge in [0.15, 0.2) is 11.6 Å². The molecule has 0 unspecified atom stereocenters. The summed E-state index contributed by atoms with van der Waals surface area (Å²) in [7, 11) is 1.56. The van der Waals surface area contributed by atoms with Gasteiger partial charge in [0.1, 0.15) is 17.2 Å². The molecule has 4 aromatic carbocycles. The van der Waals surface area contributed by atoms with Crippen LogP contribution in [0.25, 0.3) is 6.08 Å². The Balaban J connectivity index is 1.48. The molecule has 7 rings (SSSR count). The number of carbonyl (C=O) groups excluding carboxylic acids is 3. The lowest BCUT2D eigenvalue weighted by Gasteiger charge is -2.38. The van der Waals surface area contributed by atoms with Crippen LogP contribution in [0, 0.1) is 11.8 Å². The molecule has 0 radical (unpaired) electrons. The summed E-state index contributed by atoms with van der Waals surface area (Å²) >= 11 is 0. The number of amides is 1. The number of nitrogens with one attached hydrogen (secondary N) is 1. The van der Waals surface area contributed by atoms with E-state index in [4.69, 9.17) is 4.74 Å². The van der Waals surface area contributed by atoms with Crippen LogP contribution >= 0.6 is 0 Å². The van der Waals surface area contributed by atoms with Crippen molar-refractivity contribution < 1.29 is 19.1 Å². The van der Waals surface area contributed by atoms with E-state index in [1.807, 2.05) is 90.0 Å². The van der Waals surface area contributed by atoms with E-state index in [1.54, 1.807) is 31.4 Å². The SMILES string of the molecule is COc1cccc(C(=O)[C@@H]2[C@H](C(=O)c3ccc(CC(C)C)cc3)[C@@]3(C(=O)Nc4ccccc43)[C@H]3c4ccccc4C=CN23)c1. The van der Waals surface area contributed by atoms with Crippen LogP contribution in [0.15, 0.2) is 103 Å². The molecule has 1 spiro atoms. The van der Waals surface area contributed by atoms with Crippen molar-refractivity contribution in [3.05, 3.63) is 137 Å². The van der Waals surface area contributed by atoms with Crippen molar-refractivity contribution in [3.8, 4) is 5.75 Å². The van der Waals surface area contributed by atoms with E-state index in [0.29, 0.717) is 28.5 Å². The lowest BCUT2D eigenvalue weighted by atomic mass is 9.62. The summed E-state index contributed by atoms with van der Waals surface area (Å²) < 4.78 is 5.45. The molecule has 220 valence electrons. The standard InChI is InChI=1S/C38H34N2O4/c1-23(2)21-24-15-17-26(18-16-24)34(41)32-33(35(42)27-10-8-11-28(22-27)44-3)40-20-19-25-9-4-5-12-29(25)36(40)38(32)30-13-6-7-14-31(30)39-37(38)43/h4-20,22-23,32-33,36H,21H2,1-3H3,(H,39,43)/t32-,33+,36-,38-/m1/s1. The fourth-order valence-corrected chi connectivity index (χ4v) is 7.57. The Morgan fingerprint density at radius 3 is 2.41 bits per heavy atom. The molecule has 0 aliphatic carbocycles. The largest absolute Gasteiger partial charge is 0.497 e. The second-order valence-corrected chi connectivity index (χ2v) is 12.3. The summed E-state index contributed by atoms with van der Waals surface area (Å²) in [6.07, 6.45) is 4.76. The van der Waals surface area contributed by atoms with Gasteiger partial charge in [0.2, 0.25) is 5.91 Å². The summed E-state index contributed by atoms with van der Waals surface area (Å²) in [6, 6.07) is 28.7. The molecule has 1 saturated heterocycles. The van der Waals surface area contributed by atoms with Crippen LogP contribution in [0.2, 0.25) is 0 Å². The molecular weight excluding hydrogens is 548 g/mol. The Hall–Kier alpha value is -4.97. The van der Waals surface area contributed by atoms with Crippen LogP contribution in [-0.2, 0) is 16.6 Å². The summed E-state index contributed by atoms with van der Waals surface area (Å²) in [5, 5.41) is 3.11. The molecule has 4 aromatic rings. The predicted molar refractivity (Wildman–Crippen MR) is 171 cm³/mol. The van der Waals surface area contributed by atoms with Crippen molar-refractivity contribution in [2.45, 2.75) is 37.8 Å². The van der Waals surface area contributed by atoms with E-state index in [0.717, 1.165) is 28.7 Å². The number of para-hydroxylation sites is 1. The zero-order valence-electron chi connectivity index (χ0n) is 25.0. The van der Waals surface area contributed by atoms with Crippen LogP contribution < -0.4 is 10.1 Å². The third-order valence-corrected chi connectivity index (χ3v) is 9.36. The molecule has 1 amide bonds. The lowest BCUT2D eigenvalue weighted by molar-refractivity contribution is -0.122. The van der Waals surface area contributed by atoms with Crippen molar-refractivity contribution >= 4 is 29.2 Å². The Kier molecular flexibility index (Phi) is 6.73. The van der Waals surface area contributed by atoms with Gasteiger partial charge in [-0.05, 0) is 58.9 Å². The predicted octanol–water partition coefficient (Wildman–Crippen LogP) is 6.88. The lowest BCUT2D eigenvalue weighted by Crippen LogP contribution is -2.49. The highest BCUT2D eigenvalue weighted by atomic mass is 16.5. The second kappa shape index (κ2) is 10.6. The minimum Gasteiger partial charge on any atom is -0.497 e. The monoisotopic (exact) mass is 582 g/mol. The Bertz CT molecular complexity index is 1820. The number of hydrogen-bond acceptors (Lipinski definition) is 5. The molecule has 6 heteroatoms. The van der Waals surface area contributed by atoms with Crippen molar-refractivity contribution in [2.24, 2.45) is 11.8 Å². The van der Waals surface area contributed by atoms with Gasteiger partial charge in [-0.15, -0.1) is 0 Å². The van der Waals surface area contributed by atoms with Crippen LogP contribution in [0.4, 0.5) is 5.69 Å². The van der Waals surface area contributed by atoms with Crippen LogP contribution in [0.5, 0.6) is 5.75 Å². The molecular formula is C38H34N2O4. The molecule has 1 fully saturated rings. The maximum atomic E-state index is 15.0. The van der Waals surface area contributed by atoms with Crippen molar-refractivity contribution in [3.63, 3.8) is 0 Å². The van der Waals surface area contributed by atoms with E-state index >= 15 is 4.79 Å². The number of hydrogen-bond donors (Lipinski definition) is 1. The highest BCUT2D eigenvalue weighted by Crippen LogP contribution is 2.62. The normalized spacial score (nSPS) is 22.9. The van der Waals surface area contributed by atoms with Gasteiger partial charge < -0.3 is 15.0 Å². The fraction of sp³-hybridized carbons (Fsp3) is 0.237. The van der Waals surface area contributed by atoms with E-state index in [9.17, 15) is 9.59 Å². The van der Waals surface area contributed by atoms with Gasteiger partial charge in [-0.25, -0.2) is 0 Å². The molecule has 0 aromatic heterocycles. The molecule has 1 N–H and O–H groups in total. The smallest absolute Gasteiger partial charge is 0.238 e. The molecule has 3 aliphatic rings. The number of ether oxygens (including phenoxy) is 1. The topological polar surface area (TPSA) is 75.7 Å². The van der Waals surface area contributed by atoms with Crippen molar-refractivity contribution in [2.75, 3.05) is 12.4 Å². The van der Waals surface area contributed by atoms with Gasteiger partial charge in [-0.3, -0.25) is 14.4 Å². The summed E-state index contributed by atoms with van der Waals surface area (Å²) in [5.74, 6) is -0.722. The Morgan fingerprint density at radius 1 is 0.886 bits per heavy atom. The highest BCUT2D eigenvalue weighted by molar-refractivity contribution is 6.16. The molecule has 0 bridgehead atoms. The molecule has 6 nitrogen and oxygen atoms in total. The molecule has 4 atom stereocenters. The average Bonchev–Trinajstić information content (AvgIpc) is 3.52. The molecule has 3 aliphatic heterocycles. The van der Waals surface area contributed by atoms with E-state index in [-0.39, 0.29) is 17.5 Å². The van der Waals surface area contributed by atoms with Gasteiger partial charge in [-0.2, -0.15) is 0 Å². The number of nitrogens with zero attached hydrogens (tertiary/aromatic N) is 1. The van der Waals surface area contributed by atoms with Crippen LogP contribution in [0.3, 0.4) is 0 Å². The summed E-state index contributed by atoms with van der Waals surface area (Å²) in [4.78, 5) is 46.3. The number of fused-ring (bicyclic) bond motifs is 6. The van der Waals surface area contributed by atoms with E-state index in [1.165, 1.54) is 0 Å². The van der Waals surface area contributed by atoms with Gasteiger partial charge >= 0.3 is 0 Å². The first-order chi connectivity index (χ1) is 21.3.